The molecule has 1 aliphatic rings. The van der Waals surface area contributed by atoms with Crippen molar-refractivity contribution in [1.29, 1.82) is 0 Å². The summed E-state index contributed by atoms with van der Waals surface area (Å²) >= 11 is 0. The molecule has 0 radical (unpaired) electrons. The predicted octanol–water partition coefficient (Wildman–Crippen LogP) is 1.60. The van der Waals surface area contributed by atoms with E-state index in [4.69, 9.17) is 5.73 Å². The van der Waals surface area contributed by atoms with Gasteiger partial charge < -0.3 is 11.1 Å². The van der Waals surface area contributed by atoms with Crippen molar-refractivity contribution in [3.05, 3.63) is 11.8 Å². The van der Waals surface area contributed by atoms with Gasteiger partial charge in [0.1, 0.15) is 5.69 Å². The van der Waals surface area contributed by atoms with Crippen LogP contribution in [0.1, 0.15) is 18.5 Å². The SMILES string of the molecule is CNc1nnc(C(F)(F)C2CC2)cc1N. The summed E-state index contributed by atoms with van der Waals surface area (Å²) in [6, 6.07) is 1.19. The highest BCUT2D eigenvalue weighted by atomic mass is 19.3. The summed E-state index contributed by atoms with van der Waals surface area (Å²) in [4.78, 5) is 0. The Bertz CT molecular complexity index is 376. The van der Waals surface area contributed by atoms with Gasteiger partial charge in [-0.25, -0.2) is 0 Å². The summed E-state index contributed by atoms with van der Waals surface area (Å²) in [5.41, 5.74) is 5.42. The number of aromatic nitrogens is 2. The number of hydrogen-bond acceptors (Lipinski definition) is 4. The van der Waals surface area contributed by atoms with Crippen molar-refractivity contribution in [2.45, 2.75) is 18.8 Å². The van der Waals surface area contributed by atoms with Gasteiger partial charge in [-0.05, 0) is 18.9 Å². The van der Waals surface area contributed by atoms with Crippen LogP contribution in [0.4, 0.5) is 20.3 Å². The molecule has 1 aliphatic carbocycles. The first-order valence-corrected chi connectivity index (χ1v) is 4.75. The molecular weight excluding hydrogens is 202 g/mol. The fourth-order valence-electron chi connectivity index (χ4n) is 1.42. The summed E-state index contributed by atoms with van der Waals surface area (Å²) < 4.78 is 27.2. The Morgan fingerprint density at radius 3 is 2.60 bits per heavy atom. The topological polar surface area (TPSA) is 63.8 Å². The molecule has 0 bridgehead atoms. The number of rotatable bonds is 3. The fraction of sp³-hybridized carbons (Fsp3) is 0.556. The lowest BCUT2D eigenvalue weighted by molar-refractivity contribution is -0.0335. The third kappa shape index (κ3) is 1.71. The maximum Gasteiger partial charge on any atom is 0.294 e. The van der Waals surface area contributed by atoms with Gasteiger partial charge in [-0.2, -0.15) is 8.78 Å². The number of anilines is 2. The largest absolute Gasteiger partial charge is 0.396 e. The Kier molecular flexibility index (Phi) is 2.21. The quantitative estimate of drug-likeness (QED) is 0.802. The van der Waals surface area contributed by atoms with E-state index in [1.807, 2.05) is 0 Å². The summed E-state index contributed by atoms with van der Waals surface area (Å²) in [6.45, 7) is 0. The monoisotopic (exact) mass is 214 g/mol. The number of nitrogens with two attached hydrogens (primary N) is 1. The molecule has 0 aromatic carbocycles. The van der Waals surface area contributed by atoms with Gasteiger partial charge in [0, 0.05) is 13.0 Å². The molecule has 3 N–H and O–H groups in total. The summed E-state index contributed by atoms with van der Waals surface area (Å²) in [6.07, 6.45) is 1.09. The van der Waals surface area contributed by atoms with Crippen molar-refractivity contribution in [3.63, 3.8) is 0 Å². The van der Waals surface area contributed by atoms with Crippen molar-refractivity contribution in [2.24, 2.45) is 5.92 Å². The van der Waals surface area contributed by atoms with E-state index in [0.29, 0.717) is 18.7 Å². The number of hydrogen-bond donors (Lipinski definition) is 2. The van der Waals surface area contributed by atoms with Crippen LogP contribution < -0.4 is 11.1 Å². The van der Waals surface area contributed by atoms with E-state index < -0.39 is 11.8 Å². The minimum Gasteiger partial charge on any atom is -0.396 e. The third-order valence-electron chi connectivity index (χ3n) is 2.49. The molecule has 2 rings (SSSR count). The molecule has 6 heteroatoms. The normalized spacial score (nSPS) is 16.5. The molecule has 0 spiro atoms. The van der Waals surface area contributed by atoms with Gasteiger partial charge in [-0.15, -0.1) is 10.2 Å². The molecule has 0 amide bonds. The van der Waals surface area contributed by atoms with Crippen LogP contribution in [0, 0.1) is 5.92 Å². The highest BCUT2D eigenvalue weighted by Gasteiger charge is 2.49. The van der Waals surface area contributed by atoms with E-state index in [1.54, 1.807) is 7.05 Å². The Labute approximate surface area is 85.9 Å². The standard InChI is InChI=1S/C9H12F2N4/c1-13-8-6(12)4-7(14-15-8)9(10,11)5-2-3-5/h4-5H,2-3H2,1H3,(H2,12,14)(H,13,15). The first-order chi connectivity index (χ1) is 7.05. The van der Waals surface area contributed by atoms with Gasteiger partial charge in [0.2, 0.25) is 0 Å². The second-order valence-corrected chi connectivity index (χ2v) is 3.68. The zero-order valence-corrected chi connectivity index (χ0v) is 8.30. The lowest BCUT2D eigenvalue weighted by Crippen LogP contribution is -2.19. The zero-order valence-electron chi connectivity index (χ0n) is 8.30. The molecule has 1 heterocycles. The second-order valence-electron chi connectivity index (χ2n) is 3.68. The molecule has 1 aromatic rings. The highest BCUT2D eigenvalue weighted by molar-refractivity contribution is 5.60. The number of alkyl halides is 2. The molecule has 0 aliphatic heterocycles. The summed E-state index contributed by atoms with van der Waals surface area (Å²) in [7, 11) is 1.61. The van der Waals surface area contributed by atoms with Gasteiger partial charge in [-0.1, -0.05) is 0 Å². The van der Waals surface area contributed by atoms with Crippen LogP contribution in [-0.4, -0.2) is 17.2 Å². The first-order valence-electron chi connectivity index (χ1n) is 4.75. The van der Waals surface area contributed by atoms with Crippen LogP contribution in [-0.2, 0) is 5.92 Å². The molecule has 0 atom stereocenters. The average molecular weight is 214 g/mol. The zero-order chi connectivity index (χ0) is 11.1. The Hall–Kier alpha value is -1.46. The fourth-order valence-corrected chi connectivity index (χ4v) is 1.42. The van der Waals surface area contributed by atoms with E-state index in [2.05, 4.69) is 15.5 Å². The second kappa shape index (κ2) is 3.29. The maximum absolute atomic E-state index is 13.6. The van der Waals surface area contributed by atoms with Crippen LogP contribution in [0.3, 0.4) is 0 Å². The van der Waals surface area contributed by atoms with Gasteiger partial charge in [0.15, 0.2) is 5.82 Å². The lowest BCUT2D eigenvalue weighted by Gasteiger charge is -2.15. The van der Waals surface area contributed by atoms with Gasteiger partial charge in [0.25, 0.3) is 5.92 Å². The van der Waals surface area contributed by atoms with Crippen molar-refractivity contribution in [3.8, 4) is 0 Å². The minimum absolute atomic E-state index is 0.197. The van der Waals surface area contributed by atoms with E-state index in [0.717, 1.165) is 0 Å². The molecule has 1 fully saturated rings. The van der Waals surface area contributed by atoms with Crippen molar-refractivity contribution in [2.75, 3.05) is 18.1 Å². The van der Waals surface area contributed by atoms with Crippen molar-refractivity contribution in [1.82, 2.24) is 10.2 Å². The molecule has 1 saturated carbocycles. The highest BCUT2D eigenvalue weighted by Crippen LogP contribution is 2.49. The number of nitrogens with zero attached hydrogens (tertiary/aromatic N) is 2. The van der Waals surface area contributed by atoms with Crippen molar-refractivity contribution >= 4 is 11.5 Å². The molecule has 0 unspecified atom stereocenters. The average Bonchev–Trinajstić information content (AvgIpc) is 3.00. The van der Waals surface area contributed by atoms with E-state index in [-0.39, 0.29) is 11.4 Å². The summed E-state index contributed by atoms with van der Waals surface area (Å²) in [5.74, 6) is -3.16. The lowest BCUT2D eigenvalue weighted by atomic mass is 10.1. The summed E-state index contributed by atoms with van der Waals surface area (Å²) in [5, 5.41) is 9.78. The molecule has 0 saturated heterocycles. The Balaban J connectivity index is 2.32. The van der Waals surface area contributed by atoms with Crippen LogP contribution in [0.5, 0.6) is 0 Å². The maximum atomic E-state index is 13.6. The van der Waals surface area contributed by atoms with Crippen LogP contribution >= 0.6 is 0 Å². The Morgan fingerprint density at radius 1 is 1.47 bits per heavy atom. The van der Waals surface area contributed by atoms with Crippen LogP contribution in [0.25, 0.3) is 0 Å². The van der Waals surface area contributed by atoms with Gasteiger partial charge >= 0.3 is 0 Å². The predicted molar refractivity (Wildman–Crippen MR) is 52.6 cm³/mol. The first kappa shape index (κ1) is 10.1. The van der Waals surface area contributed by atoms with Crippen molar-refractivity contribution < 1.29 is 8.78 Å². The van der Waals surface area contributed by atoms with Crippen LogP contribution in [0.15, 0.2) is 6.07 Å². The van der Waals surface area contributed by atoms with E-state index in [1.165, 1.54) is 6.07 Å². The van der Waals surface area contributed by atoms with E-state index in [9.17, 15) is 8.78 Å². The Morgan fingerprint density at radius 2 is 2.13 bits per heavy atom. The van der Waals surface area contributed by atoms with Crippen LogP contribution in [0.2, 0.25) is 0 Å². The number of nitrogen functional groups attached to an aromatic ring is 1. The van der Waals surface area contributed by atoms with Gasteiger partial charge in [-0.3, -0.25) is 0 Å². The number of halogens is 2. The van der Waals surface area contributed by atoms with Gasteiger partial charge in [0.05, 0.1) is 5.69 Å². The molecule has 15 heavy (non-hydrogen) atoms. The molecule has 82 valence electrons. The smallest absolute Gasteiger partial charge is 0.294 e. The van der Waals surface area contributed by atoms with E-state index >= 15 is 0 Å². The minimum atomic E-state index is -2.90. The molecule has 1 aromatic heterocycles. The molecular formula is C9H12F2N4. The molecule has 4 nitrogen and oxygen atoms in total. The third-order valence-corrected chi connectivity index (χ3v) is 2.49. The number of nitrogens with one attached hydrogen (secondary N) is 1.